The first kappa shape index (κ1) is 11.2. The minimum absolute atomic E-state index is 0.237. The van der Waals surface area contributed by atoms with Gasteiger partial charge in [0.2, 0.25) is 0 Å². The fourth-order valence-corrected chi connectivity index (χ4v) is 1.40. The molecule has 0 unspecified atom stereocenters. The molecule has 0 aliphatic carbocycles. The summed E-state index contributed by atoms with van der Waals surface area (Å²) in [5.74, 6) is -2.29. The molecule has 0 saturated heterocycles. The number of hydrogen-bond acceptors (Lipinski definition) is 2. The van der Waals surface area contributed by atoms with E-state index in [1.165, 1.54) is 6.08 Å². The molecule has 0 spiro atoms. The second-order valence-corrected chi connectivity index (χ2v) is 3.15. The summed E-state index contributed by atoms with van der Waals surface area (Å²) in [7, 11) is 0. The molecular weight excluding hydrogens is 192 g/mol. The van der Waals surface area contributed by atoms with Crippen molar-refractivity contribution in [2.45, 2.75) is 13.8 Å². The molecular formula is C12H12O3. The van der Waals surface area contributed by atoms with E-state index in [-0.39, 0.29) is 5.57 Å². The SMILES string of the molecule is C/C=C(/C(=O)C(=O)O)c1ccccc1C. The highest BCUT2D eigenvalue weighted by Gasteiger charge is 2.19. The number of carbonyl (C=O) groups is 2. The zero-order chi connectivity index (χ0) is 11.4. The van der Waals surface area contributed by atoms with Crippen molar-refractivity contribution in [3.63, 3.8) is 0 Å². The number of ketones is 1. The zero-order valence-electron chi connectivity index (χ0n) is 8.65. The van der Waals surface area contributed by atoms with Crippen LogP contribution in [0.5, 0.6) is 0 Å². The third-order valence-electron chi connectivity index (χ3n) is 2.16. The van der Waals surface area contributed by atoms with Crippen molar-refractivity contribution in [3.8, 4) is 0 Å². The maximum absolute atomic E-state index is 11.4. The number of aryl methyl sites for hydroxylation is 1. The highest BCUT2D eigenvalue weighted by Crippen LogP contribution is 2.19. The maximum atomic E-state index is 11.4. The Labute approximate surface area is 88.0 Å². The van der Waals surface area contributed by atoms with Crippen LogP contribution in [-0.2, 0) is 9.59 Å². The van der Waals surface area contributed by atoms with Gasteiger partial charge in [-0.25, -0.2) is 4.79 Å². The van der Waals surface area contributed by atoms with Crippen LogP contribution in [0.4, 0.5) is 0 Å². The standard InChI is InChI=1S/C12H12O3/c1-3-9(11(13)12(14)15)10-7-5-4-6-8(10)2/h3-7H,1-2H3,(H,14,15)/b9-3+. The summed E-state index contributed by atoms with van der Waals surface area (Å²) in [5, 5.41) is 8.65. The van der Waals surface area contributed by atoms with Gasteiger partial charge in [-0.15, -0.1) is 0 Å². The number of Topliss-reactive ketones (excluding diaryl/α,β-unsaturated/α-hetero) is 1. The fraction of sp³-hybridized carbons (Fsp3) is 0.167. The Bertz CT molecular complexity index is 430. The monoisotopic (exact) mass is 204 g/mol. The van der Waals surface area contributed by atoms with Gasteiger partial charge in [-0.1, -0.05) is 30.3 Å². The summed E-state index contributed by atoms with van der Waals surface area (Å²) in [6.45, 7) is 3.50. The summed E-state index contributed by atoms with van der Waals surface area (Å²) >= 11 is 0. The van der Waals surface area contributed by atoms with Gasteiger partial charge in [0.25, 0.3) is 5.78 Å². The van der Waals surface area contributed by atoms with Crippen LogP contribution in [0.1, 0.15) is 18.1 Å². The average molecular weight is 204 g/mol. The van der Waals surface area contributed by atoms with Gasteiger partial charge in [0.05, 0.1) is 0 Å². The minimum atomic E-state index is -1.42. The molecule has 0 bridgehead atoms. The van der Waals surface area contributed by atoms with E-state index < -0.39 is 11.8 Å². The van der Waals surface area contributed by atoms with E-state index in [1.54, 1.807) is 19.1 Å². The smallest absolute Gasteiger partial charge is 0.377 e. The molecule has 15 heavy (non-hydrogen) atoms. The van der Waals surface area contributed by atoms with Crippen molar-refractivity contribution in [1.82, 2.24) is 0 Å². The van der Waals surface area contributed by atoms with E-state index in [9.17, 15) is 9.59 Å². The van der Waals surface area contributed by atoms with E-state index in [0.29, 0.717) is 5.56 Å². The van der Waals surface area contributed by atoms with Crippen molar-refractivity contribution in [2.75, 3.05) is 0 Å². The molecule has 0 amide bonds. The first-order valence-corrected chi connectivity index (χ1v) is 4.58. The number of hydrogen-bond donors (Lipinski definition) is 1. The lowest BCUT2D eigenvalue weighted by Gasteiger charge is -2.06. The lowest BCUT2D eigenvalue weighted by atomic mass is 9.97. The van der Waals surface area contributed by atoms with Crippen LogP contribution >= 0.6 is 0 Å². The molecule has 1 aromatic rings. The molecule has 0 fully saturated rings. The second-order valence-electron chi connectivity index (χ2n) is 3.15. The van der Waals surface area contributed by atoms with E-state index in [2.05, 4.69) is 0 Å². The number of rotatable bonds is 3. The third kappa shape index (κ3) is 2.31. The number of carboxylic acids is 1. The molecule has 1 N–H and O–H groups in total. The van der Waals surface area contributed by atoms with Crippen LogP contribution in [0.3, 0.4) is 0 Å². The van der Waals surface area contributed by atoms with Gasteiger partial charge in [-0.05, 0) is 25.0 Å². The highest BCUT2D eigenvalue weighted by molar-refractivity contribution is 6.51. The van der Waals surface area contributed by atoms with Gasteiger partial charge in [0.1, 0.15) is 0 Å². The molecule has 3 heteroatoms. The Kier molecular flexibility index (Phi) is 3.39. The van der Waals surface area contributed by atoms with Crippen LogP contribution in [0, 0.1) is 6.92 Å². The summed E-state index contributed by atoms with van der Waals surface area (Å²) in [6, 6.07) is 7.21. The zero-order valence-corrected chi connectivity index (χ0v) is 8.65. The summed E-state index contributed by atoms with van der Waals surface area (Å²) in [4.78, 5) is 22.0. The fourth-order valence-electron chi connectivity index (χ4n) is 1.40. The minimum Gasteiger partial charge on any atom is -0.475 e. The number of carbonyl (C=O) groups excluding carboxylic acids is 1. The predicted octanol–water partition coefficient (Wildman–Crippen LogP) is 2.05. The molecule has 1 rings (SSSR count). The number of allylic oxidation sites excluding steroid dienone is 1. The topological polar surface area (TPSA) is 54.4 Å². The van der Waals surface area contributed by atoms with E-state index >= 15 is 0 Å². The summed E-state index contributed by atoms with van der Waals surface area (Å²) < 4.78 is 0. The van der Waals surface area contributed by atoms with Crippen molar-refractivity contribution in [2.24, 2.45) is 0 Å². The Morgan fingerprint density at radius 3 is 2.33 bits per heavy atom. The second kappa shape index (κ2) is 4.55. The quantitative estimate of drug-likeness (QED) is 0.605. The molecule has 0 aromatic heterocycles. The summed E-state index contributed by atoms with van der Waals surface area (Å²) in [5.41, 5.74) is 1.80. The number of aliphatic carboxylic acids is 1. The normalized spacial score (nSPS) is 11.2. The third-order valence-corrected chi connectivity index (χ3v) is 2.16. The number of carboxylic acid groups (broad SMARTS) is 1. The van der Waals surface area contributed by atoms with Gasteiger partial charge in [-0.2, -0.15) is 0 Å². The van der Waals surface area contributed by atoms with Crippen LogP contribution < -0.4 is 0 Å². The molecule has 0 saturated carbocycles. The van der Waals surface area contributed by atoms with Crippen LogP contribution in [0.25, 0.3) is 5.57 Å². The van der Waals surface area contributed by atoms with Crippen molar-refractivity contribution in [3.05, 3.63) is 41.5 Å². The van der Waals surface area contributed by atoms with E-state index in [1.807, 2.05) is 19.1 Å². The first-order chi connectivity index (χ1) is 7.07. The molecule has 0 atom stereocenters. The molecule has 1 aromatic carbocycles. The number of benzene rings is 1. The Balaban J connectivity index is 3.22. The van der Waals surface area contributed by atoms with Gasteiger partial charge in [0, 0.05) is 5.57 Å². The summed E-state index contributed by atoms with van der Waals surface area (Å²) in [6.07, 6.45) is 1.53. The van der Waals surface area contributed by atoms with Crippen LogP contribution in [0.15, 0.2) is 30.3 Å². The van der Waals surface area contributed by atoms with Crippen LogP contribution in [0.2, 0.25) is 0 Å². The molecule has 0 heterocycles. The van der Waals surface area contributed by atoms with Gasteiger partial charge in [-0.3, -0.25) is 4.79 Å². The first-order valence-electron chi connectivity index (χ1n) is 4.58. The highest BCUT2D eigenvalue weighted by atomic mass is 16.4. The van der Waals surface area contributed by atoms with Gasteiger partial charge < -0.3 is 5.11 Å². The lowest BCUT2D eigenvalue weighted by molar-refractivity contribution is -0.146. The van der Waals surface area contributed by atoms with E-state index in [0.717, 1.165) is 5.56 Å². The van der Waals surface area contributed by atoms with Crippen molar-refractivity contribution >= 4 is 17.3 Å². The largest absolute Gasteiger partial charge is 0.475 e. The molecule has 78 valence electrons. The van der Waals surface area contributed by atoms with Crippen LogP contribution in [-0.4, -0.2) is 16.9 Å². The van der Waals surface area contributed by atoms with Crippen molar-refractivity contribution in [1.29, 1.82) is 0 Å². The van der Waals surface area contributed by atoms with Gasteiger partial charge >= 0.3 is 5.97 Å². The molecule has 0 radical (unpaired) electrons. The molecule has 0 aliphatic heterocycles. The maximum Gasteiger partial charge on any atom is 0.377 e. The Morgan fingerprint density at radius 2 is 1.87 bits per heavy atom. The predicted molar refractivity (Wildman–Crippen MR) is 57.5 cm³/mol. The lowest BCUT2D eigenvalue weighted by Crippen LogP contribution is -2.14. The molecule has 0 aliphatic rings. The van der Waals surface area contributed by atoms with E-state index in [4.69, 9.17) is 5.11 Å². The Hall–Kier alpha value is -1.90. The molecule has 3 nitrogen and oxygen atoms in total. The van der Waals surface area contributed by atoms with Gasteiger partial charge in [0.15, 0.2) is 0 Å². The van der Waals surface area contributed by atoms with Crippen molar-refractivity contribution < 1.29 is 14.7 Å². The Morgan fingerprint density at radius 1 is 1.27 bits per heavy atom. The average Bonchev–Trinajstić information content (AvgIpc) is 2.21.